The Morgan fingerprint density at radius 2 is 2.39 bits per heavy atom. The van der Waals surface area contributed by atoms with E-state index >= 15 is 0 Å². The summed E-state index contributed by atoms with van der Waals surface area (Å²) >= 11 is 1.72. The number of hydrogen-bond donors (Lipinski definition) is 0. The molecule has 0 spiro atoms. The lowest BCUT2D eigenvalue weighted by Gasteiger charge is -2.32. The number of hydrogen-bond acceptors (Lipinski definition) is 6. The van der Waals surface area contributed by atoms with Gasteiger partial charge in [-0.15, -0.1) is 11.3 Å². The van der Waals surface area contributed by atoms with Crippen molar-refractivity contribution in [2.75, 3.05) is 13.2 Å². The Kier molecular flexibility index (Phi) is 4.66. The van der Waals surface area contributed by atoms with Crippen molar-refractivity contribution in [2.24, 2.45) is 0 Å². The van der Waals surface area contributed by atoms with Crippen LogP contribution < -0.4 is 0 Å². The number of fused-ring (bicyclic) bond motifs is 1. The van der Waals surface area contributed by atoms with Crippen molar-refractivity contribution < 1.29 is 9.47 Å². The molecule has 0 bridgehead atoms. The first-order valence-electron chi connectivity index (χ1n) is 8.15. The third-order valence-corrected chi connectivity index (χ3v) is 5.36. The quantitative estimate of drug-likeness (QED) is 0.842. The molecule has 3 atom stereocenters. The summed E-state index contributed by atoms with van der Waals surface area (Å²) < 4.78 is 12.2. The van der Waals surface area contributed by atoms with Crippen LogP contribution in [0.3, 0.4) is 0 Å². The highest BCUT2D eigenvalue weighted by molar-refractivity contribution is 7.09. The molecule has 4 heterocycles. The first kappa shape index (κ1) is 15.2. The van der Waals surface area contributed by atoms with E-state index in [4.69, 9.17) is 9.47 Å². The molecule has 0 amide bonds. The smallest absolute Gasteiger partial charge is 0.107 e. The fourth-order valence-corrected chi connectivity index (χ4v) is 4.16. The van der Waals surface area contributed by atoms with Crippen LogP contribution in [0.15, 0.2) is 36.1 Å². The van der Waals surface area contributed by atoms with Crippen LogP contribution in [0, 0.1) is 0 Å². The molecule has 0 aromatic carbocycles. The zero-order chi connectivity index (χ0) is 15.5. The number of ether oxygens (including phenoxy) is 2. The highest BCUT2D eigenvalue weighted by atomic mass is 32.1. The predicted molar refractivity (Wildman–Crippen MR) is 88.1 cm³/mol. The van der Waals surface area contributed by atoms with Crippen molar-refractivity contribution in [1.82, 2.24) is 14.9 Å². The molecular weight excluding hydrogens is 310 g/mol. The summed E-state index contributed by atoms with van der Waals surface area (Å²) in [4.78, 5) is 11.1. The Morgan fingerprint density at radius 1 is 1.39 bits per heavy atom. The van der Waals surface area contributed by atoms with E-state index in [0.717, 1.165) is 31.7 Å². The van der Waals surface area contributed by atoms with Crippen molar-refractivity contribution in [1.29, 1.82) is 0 Å². The van der Waals surface area contributed by atoms with Crippen molar-refractivity contribution >= 4 is 11.3 Å². The number of rotatable bonds is 5. The Morgan fingerprint density at radius 3 is 3.22 bits per heavy atom. The van der Waals surface area contributed by atoms with E-state index < -0.39 is 0 Å². The maximum Gasteiger partial charge on any atom is 0.107 e. The molecule has 122 valence electrons. The van der Waals surface area contributed by atoms with Gasteiger partial charge in [-0.05, 0) is 24.5 Å². The summed E-state index contributed by atoms with van der Waals surface area (Å²) in [6, 6.07) is 4.45. The third-order valence-electron chi connectivity index (χ3n) is 4.59. The molecule has 0 N–H and O–H groups in total. The van der Waals surface area contributed by atoms with Crippen molar-refractivity contribution in [2.45, 2.75) is 44.2 Å². The predicted octanol–water partition coefficient (Wildman–Crippen LogP) is 2.49. The second-order valence-corrected chi connectivity index (χ2v) is 7.09. The normalized spacial score (nSPS) is 27.9. The van der Waals surface area contributed by atoms with Gasteiger partial charge < -0.3 is 9.47 Å². The maximum atomic E-state index is 6.18. The largest absolute Gasteiger partial charge is 0.374 e. The first-order chi connectivity index (χ1) is 11.4. The van der Waals surface area contributed by atoms with E-state index in [0.29, 0.717) is 12.6 Å². The van der Waals surface area contributed by atoms with Gasteiger partial charge in [0, 0.05) is 43.2 Å². The minimum absolute atomic E-state index is 0.125. The summed E-state index contributed by atoms with van der Waals surface area (Å²) in [6.45, 7) is 3.25. The van der Waals surface area contributed by atoms with Crippen LogP contribution in [0.1, 0.15) is 23.4 Å². The molecule has 0 radical (unpaired) electrons. The Labute approximate surface area is 140 Å². The fraction of sp³-hybridized carbons (Fsp3) is 0.529. The number of aromatic nitrogens is 2. The molecule has 0 aliphatic carbocycles. The number of pyridine rings is 1. The topological polar surface area (TPSA) is 47.5 Å². The number of likely N-dealkylation sites (tertiary alicyclic amines) is 1. The van der Waals surface area contributed by atoms with Crippen LogP contribution in [-0.2, 0) is 22.6 Å². The monoisotopic (exact) mass is 331 g/mol. The van der Waals surface area contributed by atoms with E-state index in [1.165, 1.54) is 11.4 Å². The van der Waals surface area contributed by atoms with Gasteiger partial charge in [0.1, 0.15) is 11.1 Å². The second-order valence-electron chi connectivity index (χ2n) is 6.11. The van der Waals surface area contributed by atoms with E-state index in [1.54, 1.807) is 17.5 Å². The highest BCUT2D eigenvalue weighted by Gasteiger charge is 2.44. The van der Waals surface area contributed by atoms with Gasteiger partial charge in [0.15, 0.2) is 0 Å². The van der Waals surface area contributed by atoms with Crippen LogP contribution in [-0.4, -0.2) is 46.3 Å². The van der Waals surface area contributed by atoms with Crippen molar-refractivity contribution in [3.63, 3.8) is 0 Å². The summed E-state index contributed by atoms with van der Waals surface area (Å²) in [5.41, 5.74) is 1.11. The summed E-state index contributed by atoms with van der Waals surface area (Å²) in [6.07, 6.45) is 8.15. The molecule has 2 aromatic rings. The van der Waals surface area contributed by atoms with Gasteiger partial charge in [-0.25, -0.2) is 4.98 Å². The van der Waals surface area contributed by atoms with Gasteiger partial charge >= 0.3 is 0 Å². The van der Waals surface area contributed by atoms with Gasteiger partial charge in [0.05, 0.1) is 19.3 Å². The Balaban J connectivity index is 1.42. The zero-order valence-electron chi connectivity index (χ0n) is 13.0. The zero-order valence-corrected chi connectivity index (χ0v) is 13.8. The molecule has 2 aromatic heterocycles. The van der Waals surface area contributed by atoms with Crippen LogP contribution in [0.25, 0.3) is 0 Å². The molecule has 23 heavy (non-hydrogen) atoms. The average molecular weight is 331 g/mol. The third kappa shape index (κ3) is 3.45. The molecule has 6 heteroatoms. The maximum absolute atomic E-state index is 6.18. The van der Waals surface area contributed by atoms with Crippen molar-refractivity contribution in [3.05, 3.63) is 46.7 Å². The molecule has 5 nitrogen and oxygen atoms in total. The molecule has 2 fully saturated rings. The lowest BCUT2D eigenvalue weighted by molar-refractivity contribution is -0.0819. The first-order valence-corrected chi connectivity index (χ1v) is 9.02. The molecular formula is C17H21N3O2S. The molecule has 4 rings (SSSR count). The van der Waals surface area contributed by atoms with Gasteiger partial charge in [-0.1, -0.05) is 6.07 Å². The van der Waals surface area contributed by atoms with Crippen LogP contribution in [0.4, 0.5) is 0 Å². The highest BCUT2D eigenvalue weighted by Crippen LogP contribution is 2.32. The molecule has 2 aliphatic rings. The lowest BCUT2D eigenvalue weighted by Crippen LogP contribution is -2.41. The van der Waals surface area contributed by atoms with E-state index in [2.05, 4.69) is 20.9 Å². The van der Waals surface area contributed by atoms with Crippen LogP contribution in [0.2, 0.25) is 0 Å². The van der Waals surface area contributed by atoms with Crippen LogP contribution >= 0.6 is 11.3 Å². The Bertz CT molecular complexity index is 608. The van der Waals surface area contributed by atoms with Crippen LogP contribution in [0.5, 0.6) is 0 Å². The molecule has 2 saturated heterocycles. The lowest BCUT2D eigenvalue weighted by atomic mass is 10.0. The molecule has 2 aliphatic heterocycles. The number of nitrogens with zero attached hydrogens (tertiary/aromatic N) is 3. The van der Waals surface area contributed by atoms with E-state index in [1.807, 2.05) is 23.8 Å². The Hall–Kier alpha value is -1.34. The summed E-state index contributed by atoms with van der Waals surface area (Å²) in [5.74, 6) is 0. The number of thiazole rings is 1. The second kappa shape index (κ2) is 7.05. The van der Waals surface area contributed by atoms with Gasteiger partial charge in [0.25, 0.3) is 0 Å². The van der Waals surface area contributed by atoms with E-state index in [9.17, 15) is 0 Å². The SMILES string of the molecule is c1cncc(CO[C@H]2CN(Cc3nccs3)[C@@H]3CCCO[C@H]23)c1. The average Bonchev–Trinajstić information content (AvgIpc) is 3.23. The minimum atomic E-state index is 0.125. The fourth-order valence-electron chi connectivity index (χ4n) is 3.52. The van der Waals surface area contributed by atoms with E-state index in [-0.39, 0.29) is 12.2 Å². The van der Waals surface area contributed by atoms with Crippen molar-refractivity contribution in [3.8, 4) is 0 Å². The van der Waals surface area contributed by atoms with Gasteiger partial charge in [-0.3, -0.25) is 9.88 Å². The molecule has 0 saturated carbocycles. The summed E-state index contributed by atoms with van der Waals surface area (Å²) in [7, 11) is 0. The molecule has 0 unspecified atom stereocenters. The summed E-state index contributed by atoms with van der Waals surface area (Å²) in [5, 5.41) is 3.21. The minimum Gasteiger partial charge on any atom is -0.374 e. The standard InChI is InChI=1S/C17H21N3O2S/c1-3-13(9-18-5-1)12-22-15-10-20(11-16-19-6-8-23-16)14-4-2-7-21-17(14)15/h1,3,5-6,8-9,14-15,17H,2,4,7,10-12H2/t14-,15+,17+/m1/s1. The van der Waals surface area contributed by atoms with Gasteiger partial charge in [0.2, 0.25) is 0 Å². The van der Waals surface area contributed by atoms with Gasteiger partial charge in [-0.2, -0.15) is 0 Å².